The van der Waals surface area contributed by atoms with E-state index in [9.17, 15) is 4.79 Å². The third kappa shape index (κ3) is 5.58. The van der Waals surface area contributed by atoms with Gasteiger partial charge in [0.05, 0.1) is 23.4 Å². The molecule has 1 fully saturated rings. The van der Waals surface area contributed by atoms with Crippen LogP contribution in [0.2, 0.25) is 0 Å². The van der Waals surface area contributed by atoms with Gasteiger partial charge in [-0.05, 0) is 64.3 Å². The molecule has 0 spiro atoms. The number of hydrogen-bond donors (Lipinski definition) is 0. The average molecular weight is 455 g/mol. The van der Waals surface area contributed by atoms with Crippen molar-refractivity contribution < 1.29 is 14.3 Å². The molecule has 0 unspecified atom stereocenters. The Morgan fingerprint density at radius 2 is 1.94 bits per heavy atom. The van der Waals surface area contributed by atoms with Crippen LogP contribution < -0.4 is 4.74 Å². The van der Waals surface area contributed by atoms with Crippen LogP contribution in [0.15, 0.2) is 36.5 Å². The monoisotopic (exact) mass is 454 g/mol. The second-order valence-corrected chi connectivity index (χ2v) is 9.46. The first kappa shape index (κ1) is 23.8. The minimum absolute atomic E-state index is 0.0642. The zero-order chi connectivity index (χ0) is 23.2. The predicted octanol–water partition coefficient (Wildman–Crippen LogP) is 4.15. The second-order valence-electron chi connectivity index (χ2n) is 9.46. The van der Waals surface area contributed by atoms with E-state index in [2.05, 4.69) is 34.6 Å². The van der Waals surface area contributed by atoms with Gasteiger partial charge in [-0.1, -0.05) is 18.6 Å². The van der Waals surface area contributed by atoms with Crippen LogP contribution in [0.1, 0.15) is 68.0 Å². The van der Waals surface area contributed by atoms with Gasteiger partial charge in [-0.25, -0.2) is 0 Å². The van der Waals surface area contributed by atoms with Crippen LogP contribution >= 0.6 is 0 Å². The van der Waals surface area contributed by atoms with Crippen LogP contribution in [0.5, 0.6) is 5.75 Å². The van der Waals surface area contributed by atoms with Crippen LogP contribution in [0.3, 0.4) is 0 Å². The first-order valence-corrected chi connectivity index (χ1v) is 12.4. The molecular weight excluding hydrogens is 416 g/mol. The van der Waals surface area contributed by atoms with Crippen molar-refractivity contribution in [2.24, 2.45) is 0 Å². The number of aromatic nitrogens is 2. The SMILES string of the molecule is CO[C@H]1CCCN2C(=O)c3ccccc3OCCN(Cc3ccnn3C(C)C)CCCC[C@@H]12. The maximum absolute atomic E-state index is 13.6. The maximum atomic E-state index is 13.6. The summed E-state index contributed by atoms with van der Waals surface area (Å²) in [4.78, 5) is 18.1. The quantitative estimate of drug-likeness (QED) is 0.695. The Morgan fingerprint density at radius 3 is 2.76 bits per heavy atom. The fourth-order valence-corrected chi connectivity index (χ4v) is 5.22. The molecule has 0 radical (unpaired) electrons. The number of ether oxygens (including phenoxy) is 2. The highest BCUT2D eigenvalue weighted by molar-refractivity contribution is 5.97. The summed E-state index contributed by atoms with van der Waals surface area (Å²) in [6.07, 6.45) is 7.07. The molecule has 2 aromatic rings. The topological polar surface area (TPSA) is 59.8 Å². The van der Waals surface area contributed by atoms with Gasteiger partial charge in [0, 0.05) is 39.0 Å². The van der Waals surface area contributed by atoms with E-state index in [1.54, 1.807) is 7.11 Å². The van der Waals surface area contributed by atoms with Crippen molar-refractivity contribution in [1.29, 1.82) is 0 Å². The average Bonchev–Trinajstić information content (AvgIpc) is 3.29. The molecule has 3 heterocycles. The summed E-state index contributed by atoms with van der Waals surface area (Å²) in [6.45, 7) is 8.29. The van der Waals surface area contributed by atoms with Crippen molar-refractivity contribution in [3.63, 3.8) is 0 Å². The van der Waals surface area contributed by atoms with Crippen molar-refractivity contribution in [2.75, 3.05) is 33.4 Å². The highest BCUT2D eigenvalue weighted by Crippen LogP contribution is 2.29. The molecular formula is C26H38N4O3. The van der Waals surface area contributed by atoms with E-state index in [0.29, 0.717) is 24.0 Å². The Labute approximate surface area is 197 Å². The van der Waals surface area contributed by atoms with E-state index in [-0.39, 0.29) is 18.1 Å². The lowest BCUT2D eigenvalue weighted by molar-refractivity contribution is -0.0155. The molecule has 1 aromatic carbocycles. The molecule has 2 aliphatic rings. The standard InChI is InChI=1S/C26H38N4O3/c1-20(2)30-21(13-14-27-30)19-28-15-7-6-10-23-25(32-3)12-8-16-29(23)26(31)22-9-4-5-11-24(22)33-18-17-28/h4-5,9,11,13-14,20,23,25H,6-8,10,12,15-19H2,1-3H3/t23-,25-/m0/s1. The van der Waals surface area contributed by atoms with Crippen LogP contribution in [0.4, 0.5) is 0 Å². The van der Waals surface area contributed by atoms with Gasteiger partial charge < -0.3 is 14.4 Å². The molecule has 1 amide bonds. The fourth-order valence-electron chi connectivity index (χ4n) is 5.22. The summed E-state index contributed by atoms with van der Waals surface area (Å²) >= 11 is 0. The largest absolute Gasteiger partial charge is 0.491 e. The lowest BCUT2D eigenvalue weighted by atomic mass is 9.93. The molecule has 1 saturated heterocycles. The number of benzene rings is 1. The Morgan fingerprint density at radius 1 is 1.09 bits per heavy atom. The smallest absolute Gasteiger partial charge is 0.257 e. The minimum atomic E-state index is 0.0642. The number of hydrogen-bond acceptors (Lipinski definition) is 5. The Bertz CT molecular complexity index is 912. The minimum Gasteiger partial charge on any atom is -0.491 e. The van der Waals surface area contributed by atoms with Gasteiger partial charge in [0.15, 0.2) is 0 Å². The molecule has 7 nitrogen and oxygen atoms in total. The van der Waals surface area contributed by atoms with E-state index in [1.165, 1.54) is 5.69 Å². The molecule has 1 aromatic heterocycles. The zero-order valence-electron chi connectivity index (χ0n) is 20.3. The number of amides is 1. The molecule has 0 bridgehead atoms. The van der Waals surface area contributed by atoms with Crippen LogP contribution in [0, 0.1) is 0 Å². The van der Waals surface area contributed by atoms with E-state index >= 15 is 0 Å². The lowest BCUT2D eigenvalue weighted by Crippen LogP contribution is -2.51. The number of fused-ring (bicyclic) bond motifs is 2. The van der Waals surface area contributed by atoms with Gasteiger partial charge in [-0.2, -0.15) is 5.10 Å². The summed E-state index contributed by atoms with van der Waals surface area (Å²) in [6, 6.07) is 10.2. The van der Waals surface area contributed by atoms with Gasteiger partial charge in [0.25, 0.3) is 5.91 Å². The summed E-state index contributed by atoms with van der Waals surface area (Å²) in [5.41, 5.74) is 1.88. The van der Waals surface area contributed by atoms with Crippen LogP contribution in [0.25, 0.3) is 0 Å². The molecule has 33 heavy (non-hydrogen) atoms. The Kier molecular flexibility index (Phi) is 8.04. The highest BCUT2D eigenvalue weighted by Gasteiger charge is 2.35. The van der Waals surface area contributed by atoms with Gasteiger partial charge in [-0.15, -0.1) is 0 Å². The number of para-hydroxylation sites is 1. The third-order valence-corrected chi connectivity index (χ3v) is 6.91. The van der Waals surface area contributed by atoms with Crippen molar-refractivity contribution in [1.82, 2.24) is 19.6 Å². The number of nitrogens with zero attached hydrogens (tertiary/aromatic N) is 4. The van der Waals surface area contributed by atoms with Gasteiger partial charge >= 0.3 is 0 Å². The van der Waals surface area contributed by atoms with Crippen LogP contribution in [-0.2, 0) is 11.3 Å². The summed E-state index contributed by atoms with van der Waals surface area (Å²) in [7, 11) is 1.77. The molecule has 4 rings (SSSR count). The number of piperidine rings is 1. The van der Waals surface area contributed by atoms with Gasteiger partial charge in [-0.3, -0.25) is 14.4 Å². The molecule has 0 saturated carbocycles. The first-order chi connectivity index (χ1) is 16.1. The fraction of sp³-hybridized carbons (Fsp3) is 0.615. The van der Waals surface area contributed by atoms with Crippen molar-refractivity contribution in [3.8, 4) is 5.75 Å². The van der Waals surface area contributed by atoms with E-state index in [4.69, 9.17) is 9.47 Å². The second kappa shape index (κ2) is 11.2. The lowest BCUT2D eigenvalue weighted by Gasteiger charge is -2.41. The van der Waals surface area contributed by atoms with Gasteiger partial charge in [0.1, 0.15) is 12.4 Å². The predicted molar refractivity (Wildman–Crippen MR) is 129 cm³/mol. The number of methoxy groups -OCH3 is 1. The normalized spacial score (nSPS) is 23.2. The highest BCUT2D eigenvalue weighted by atomic mass is 16.5. The number of rotatable bonds is 4. The zero-order valence-corrected chi connectivity index (χ0v) is 20.3. The first-order valence-electron chi connectivity index (χ1n) is 12.4. The van der Waals surface area contributed by atoms with E-state index < -0.39 is 0 Å². The van der Waals surface area contributed by atoms with E-state index in [0.717, 1.165) is 58.3 Å². The molecule has 2 aliphatic heterocycles. The van der Waals surface area contributed by atoms with Crippen LogP contribution in [-0.4, -0.2) is 71.0 Å². The summed E-state index contributed by atoms with van der Waals surface area (Å²) in [5, 5.41) is 4.50. The third-order valence-electron chi connectivity index (χ3n) is 6.91. The molecule has 0 aliphatic carbocycles. The van der Waals surface area contributed by atoms with Crippen molar-refractivity contribution in [3.05, 3.63) is 47.8 Å². The Hall–Kier alpha value is -2.38. The van der Waals surface area contributed by atoms with E-state index in [1.807, 2.05) is 35.4 Å². The number of carbonyl (C=O) groups excluding carboxylic acids is 1. The molecule has 7 heteroatoms. The van der Waals surface area contributed by atoms with Crippen molar-refractivity contribution >= 4 is 5.91 Å². The maximum Gasteiger partial charge on any atom is 0.257 e. The summed E-state index contributed by atoms with van der Waals surface area (Å²) < 4.78 is 14.1. The van der Waals surface area contributed by atoms with Gasteiger partial charge in [0.2, 0.25) is 0 Å². The molecule has 180 valence electrons. The molecule has 2 atom stereocenters. The summed E-state index contributed by atoms with van der Waals surface area (Å²) in [5.74, 6) is 0.737. The Balaban J connectivity index is 1.56. The number of carbonyl (C=O) groups is 1. The van der Waals surface area contributed by atoms with Crippen molar-refractivity contribution in [2.45, 2.75) is 70.7 Å². The molecule has 0 N–H and O–H groups in total.